The van der Waals surface area contributed by atoms with Crippen LogP contribution < -0.4 is 4.74 Å². The molecule has 2 aliphatic heterocycles. The van der Waals surface area contributed by atoms with Crippen molar-refractivity contribution < 1.29 is 13.9 Å². The van der Waals surface area contributed by atoms with Gasteiger partial charge in [-0.15, -0.1) is 11.8 Å². The summed E-state index contributed by atoms with van der Waals surface area (Å²) < 4.78 is 20.3. The Kier molecular flexibility index (Phi) is 7.51. The van der Waals surface area contributed by atoms with E-state index in [1.54, 1.807) is 23.9 Å². The quantitative estimate of drug-likeness (QED) is 0.551. The van der Waals surface area contributed by atoms with Crippen molar-refractivity contribution in [1.82, 2.24) is 9.80 Å². The Morgan fingerprint density at radius 3 is 2.55 bits per heavy atom. The Balaban J connectivity index is 1.37. The van der Waals surface area contributed by atoms with Gasteiger partial charge in [-0.1, -0.05) is 18.6 Å². The van der Waals surface area contributed by atoms with Gasteiger partial charge in [0, 0.05) is 29.6 Å². The summed E-state index contributed by atoms with van der Waals surface area (Å²) in [7, 11) is 0. The number of amides is 1. The van der Waals surface area contributed by atoms with Crippen LogP contribution >= 0.6 is 11.8 Å². The third kappa shape index (κ3) is 5.60. The van der Waals surface area contributed by atoms with Crippen molar-refractivity contribution in [2.75, 3.05) is 32.4 Å². The average Bonchev–Trinajstić information content (AvgIpc) is 3.26. The fourth-order valence-corrected chi connectivity index (χ4v) is 4.94. The van der Waals surface area contributed by atoms with Crippen LogP contribution in [0.4, 0.5) is 4.39 Å². The van der Waals surface area contributed by atoms with Crippen molar-refractivity contribution in [3.63, 3.8) is 0 Å². The highest BCUT2D eigenvalue weighted by atomic mass is 32.2. The fourth-order valence-electron chi connectivity index (χ4n) is 4.53. The number of thioether (sulfide) groups is 1. The molecule has 0 aliphatic carbocycles. The van der Waals surface area contributed by atoms with E-state index >= 15 is 0 Å². The van der Waals surface area contributed by atoms with Gasteiger partial charge in [0.05, 0.1) is 0 Å². The fraction of sp³-hybridized carbons (Fsp3) is 0.480. The summed E-state index contributed by atoms with van der Waals surface area (Å²) in [5.74, 6) is -0.382. The summed E-state index contributed by atoms with van der Waals surface area (Å²) in [6, 6.07) is 12.8. The predicted molar refractivity (Wildman–Crippen MR) is 123 cm³/mol. The summed E-state index contributed by atoms with van der Waals surface area (Å²) in [5, 5.41) is 0. The molecule has 0 radical (unpaired) electrons. The van der Waals surface area contributed by atoms with E-state index in [-0.39, 0.29) is 17.7 Å². The first-order valence-corrected chi connectivity index (χ1v) is 12.4. The lowest BCUT2D eigenvalue weighted by Crippen LogP contribution is -2.44. The molecule has 0 saturated carbocycles. The van der Waals surface area contributed by atoms with Gasteiger partial charge in [0.15, 0.2) is 11.6 Å². The molecule has 2 aromatic carbocycles. The number of ether oxygens (including phenoxy) is 1. The minimum absolute atomic E-state index is 0.0717. The lowest BCUT2D eigenvalue weighted by Gasteiger charge is -2.33. The summed E-state index contributed by atoms with van der Waals surface area (Å²) in [4.78, 5) is 18.7. The predicted octanol–water partition coefficient (Wildman–Crippen LogP) is 5.22. The van der Waals surface area contributed by atoms with Crippen molar-refractivity contribution in [2.45, 2.75) is 49.6 Å². The van der Waals surface area contributed by atoms with E-state index < -0.39 is 5.82 Å². The molecule has 166 valence electrons. The van der Waals surface area contributed by atoms with E-state index in [4.69, 9.17) is 4.74 Å². The van der Waals surface area contributed by atoms with Crippen LogP contribution in [-0.2, 0) is 6.61 Å². The first kappa shape index (κ1) is 22.2. The van der Waals surface area contributed by atoms with Crippen LogP contribution in [0.3, 0.4) is 0 Å². The molecule has 31 heavy (non-hydrogen) atoms. The van der Waals surface area contributed by atoms with Gasteiger partial charge in [-0.05, 0) is 80.9 Å². The second-order valence-corrected chi connectivity index (χ2v) is 9.32. The van der Waals surface area contributed by atoms with E-state index in [0.29, 0.717) is 12.2 Å². The van der Waals surface area contributed by atoms with Gasteiger partial charge in [-0.2, -0.15) is 0 Å². The molecule has 2 fully saturated rings. The minimum atomic E-state index is -0.488. The average molecular weight is 443 g/mol. The number of hydrogen-bond acceptors (Lipinski definition) is 4. The lowest BCUT2D eigenvalue weighted by atomic mass is 10.1. The van der Waals surface area contributed by atoms with Crippen LogP contribution in [0.2, 0.25) is 0 Å². The largest absolute Gasteiger partial charge is 0.486 e. The summed E-state index contributed by atoms with van der Waals surface area (Å²) in [6.45, 7) is 4.23. The van der Waals surface area contributed by atoms with Crippen LogP contribution in [0.5, 0.6) is 5.75 Å². The van der Waals surface area contributed by atoms with E-state index in [9.17, 15) is 9.18 Å². The maximum Gasteiger partial charge on any atom is 0.254 e. The maximum absolute atomic E-state index is 14.7. The highest BCUT2D eigenvalue weighted by molar-refractivity contribution is 7.98. The summed E-state index contributed by atoms with van der Waals surface area (Å²) in [5.41, 5.74) is 1.38. The molecule has 2 aliphatic rings. The molecule has 0 N–H and O–H groups in total. The number of likely N-dealkylation sites (tertiary alicyclic amines) is 2. The zero-order valence-corrected chi connectivity index (χ0v) is 19.0. The van der Waals surface area contributed by atoms with Crippen LogP contribution in [0.1, 0.15) is 48.0 Å². The SMILES string of the molecule is CSc1ccc(COc2ccc(C(=O)N3CCCC3CN3CCCCC3)cc2F)cc1. The van der Waals surface area contributed by atoms with Crippen molar-refractivity contribution in [3.05, 3.63) is 59.4 Å². The van der Waals surface area contributed by atoms with Crippen LogP contribution in [0.25, 0.3) is 0 Å². The summed E-state index contributed by atoms with van der Waals surface area (Å²) >= 11 is 1.68. The molecule has 0 aromatic heterocycles. The molecule has 6 heteroatoms. The number of hydrogen-bond donors (Lipinski definition) is 0. The molecular weight excluding hydrogens is 411 g/mol. The zero-order chi connectivity index (χ0) is 21.6. The number of carbonyl (C=O) groups excluding carboxylic acids is 1. The number of piperidine rings is 1. The minimum Gasteiger partial charge on any atom is -0.486 e. The molecule has 0 bridgehead atoms. The molecule has 4 nitrogen and oxygen atoms in total. The Hall–Kier alpha value is -2.05. The second-order valence-electron chi connectivity index (χ2n) is 8.44. The molecule has 1 unspecified atom stereocenters. The number of rotatable bonds is 7. The molecule has 2 aromatic rings. The van der Waals surface area contributed by atoms with E-state index in [1.807, 2.05) is 35.4 Å². The van der Waals surface area contributed by atoms with Crippen LogP contribution in [0.15, 0.2) is 47.4 Å². The van der Waals surface area contributed by atoms with Crippen LogP contribution in [0, 0.1) is 5.82 Å². The smallest absolute Gasteiger partial charge is 0.254 e. The van der Waals surface area contributed by atoms with Gasteiger partial charge in [0.1, 0.15) is 6.61 Å². The molecule has 1 amide bonds. The topological polar surface area (TPSA) is 32.8 Å². The Bertz CT molecular complexity index is 884. The van der Waals surface area contributed by atoms with Gasteiger partial charge in [0.25, 0.3) is 5.91 Å². The first-order chi connectivity index (χ1) is 15.1. The number of carbonyl (C=O) groups is 1. The molecule has 0 spiro atoms. The van der Waals surface area contributed by atoms with E-state index in [0.717, 1.165) is 44.6 Å². The summed E-state index contributed by atoms with van der Waals surface area (Å²) in [6.07, 6.45) is 7.87. The van der Waals surface area contributed by atoms with Gasteiger partial charge in [-0.3, -0.25) is 4.79 Å². The van der Waals surface area contributed by atoms with Gasteiger partial charge < -0.3 is 14.5 Å². The van der Waals surface area contributed by atoms with Gasteiger partial charge in [-0.25, -0.2) is 4.39 Å². The van der Waals surface area contributed by atoms with Crippen molar-refractivity contribution in [3.8, 4) is 5.75 Å². The Morgan fingerprint density at radius 2 is 1.84 bits per heavy atom. The third-order valence-corrected chi connectivity index (χ3v) is 7.03. The van der Waals surface area contributed by atoms with E-state index in [2.05, 4.69) is 4.90 Å². The van der Waals surface area contributed by atoms with Gasteiger partial charge in [0.2, 0.25) is 0 Å². The Morgan fingerprint density at radius 1 is 1.06 bits per heavy atom. The highest BCUT2D eigenvalue weighted by Gasteiger charge is 2.31. The molecular formula is C25H31FN2O2S. The number of nitrogens with zero attached hydrogens (tertiary/aromatic N) is 2. The zero-order valence-electron chi connectivity index (χ0n) is 18.2. The normalized spacial score (nSPS) is 19.5. The number of benzene rings is 2. The third-order valence-electron chi connectivity index (χ3n) is 6.29. The number of halogens is 1. The monoisotopic (exact) mass is 442 g/mol. The van der Waals surface area contributed by atoms with Gasteiger partial charge >= 0.3 is 0 Å². The molecule has 2 heterocycles. The van der Waals surface area contributed by atoms with Crippen molar-refractivity contribution >= 4 is 17.7 Å². The molecule has 1 atom stereocenters. The van der Waals surface area contributed by atoms with Crippen molar-refractivity contribution in [2.24, 2.45) is 0 Å². The van der Waals surface area contributed by atoms with Crippen molar-refractivity contribution in [1.29, 1.82) is 0 Å². The highest BCUT2D eigenvalue weighted by Crippen LogP contribution is 2.25. The standard InChI is InChI=1S/C25H31FN2O2S/c1-31-22-10-7-19(8-11-22)18-30-24-12-9-20(16-23(24)26)25(29)28-15-5-6-21(28)17-27-13-3-2-4-14-27/h7-12,16,21H,2-6,13-15,17-18H2,1H3. The lowest BCUT2D eigenvalue weighted by molar-refractivity contribution is 0.0689. The Labute approximate surface area is 188 Å². The van der Waals surface area contributed by atoms with E-state index in [1.165, 1.54) is 30.2 Å². The molecule has 2 saturated heterocycles. The first-order valence-electron chi connectivity index (χ1n) is 11.2. The maximum atomic E-state index is 14.7. The van der Waals surface area contributed by atoms with Crippen LogP contribution in [-0.4, -0.2) is 54.2 Å². The second kappa shape index (κ2) is 10.5. The molecule has 4 rings (SSSR count).